The molecule has 3 aromatic rings. The highest BCUT2D eigenvalue weighted by Crippen LogP contribution is 2.20. The van der Waals surface area contributed by atoms with Gasteiger partial charge in [-0.15, -0.1) is 0 Å². The Morgan fingerprint density at radius 2 is 2.05 bits per heavy atom. The van der Waals surface area contributed by atoms with Crippen molar-refractivity contribution in [2.45, 2.75) is 13.5 Å². The maximum Gasteiger partial charge on any atom is 0.352 e. The molecule has 0 saturated heterocycles. The van der Waals surface area contributed by atoms with Crippen molar-refractivity contribution in [2.24, 2.45) is 0 Å². The molecule has 0 unspecified atom stereocenters. The molecule has 2 heterocycles. The Hall–Kier alpha value is -2.76. The van der Waals surface area contributed by atoms with Gasteiger partial charge in [0.15, 0.2) is 0 Å². The SMILES string of the molecule is Cc1cnc2ccccc2c1Cn1cnc(N)nc1=O. The van der Waals surface area contributed by atoms with E-state index in [0.29, 0.717) is 6.54 Å². The molecule has 20 heavy (non-hydrogen) atoms. The summed E-state index contributed by atoms with van der Waals surface area (Å²) in [5, 5.41) is 1.02. The van der Waals surface area contributed by atoms with E-state index in [-0.39, 0.29) is 5.95 Å². The number of hydrogen-bond acceptors (Lipinski definition) is 5. The van der Waals surface area contributed by atoms with Gasteiger partial charge in [-0.25, -0.2) is 9.78 Å². The molecule has 0 aliphatic heterocycles. The maximum absolute atomic E-state index is 11.8. The fourth-order valence-electron chi connectivity index (χ4n) is 2.16. The van der Waals surface area contributed by atoms with Gasteiger partial charge in [-0.05, 0) is 24.1 Å². The molecule has 0 fully saturated rings. The van der Waals surface area contributed by atoms with Crippen molar-refractivity contribution in [1.82, 2.24) is 19.5 Å². The zero-order valence-electron chi connectivity index (χ0n) is 10.9. The number of aryl methyl sites for hydroxylation is 1. The fraction of sp³-hybridized carbons (Fsp3) is 0.143. The Bertz CT molecular complexity index is 840. The zero-order valence-corrected chi connectivity index (χ0v) is 10.9. The van der Waals surface area contributed by atoms with Crippen LogP contribution in [0.4, 0.5) is 5.95 Å². The molecule has 0 aliphatic carbocycles. The molecule has 0 amide bonds. The third kappa shape index (κ3) is 2.11. The summed E-state index contributed by atoms with van der Waals surface area (Å²) in [7, 11) is 0. The summed E-state index contributed by atoms with van der Waals surface area (Å²) >= 11 is 0. The summed E-state index contributed by atoms with van der Waals surface area (Å²) in [5.41, 5.74) is 7.95. The lowest BCUT2D eigenvalue weighted by molar-refractivity contribution is 0.704. The Kier molecular flexibility index (Phi) is 2.90. The minimum atomic E-state index is -0.405. The average molecular weight is 267 g/mol. The normalized spacial score (nSPS) is 10.8. The van der Waals surface area contributed by atoms with E-state index in [1.54, 1.807) is 6.20 Å². The van der Waals surface area contributed by atoms with Gasteiger partial charge < -0.3 is 5.73 Å². The lowest BCUT2D eigenvalue weighted by atomic mass is 10.0. The molecule has 0 saturated carbocycles. The molecule has 100 valence electrons. The van der Waals surface area contributed by atoms with Gasteiger partial charge in [0.1, 0.15) is 6.33 Å². The van der Waals surface area contributed by atoms with Crippen molar-refractivity contribution in [3.63, 3.8) is 0 Å². The lowest BCUT2D eigenvalue weighted by Gasteiger charge is -2.10. The minimum Gasteiger partial charge on any atom is -0.368 e. The van der Waals surface area contributed by atoms with E-state index >= 15 is 0 Å². The first kappa shape index (κ1) is 12.3. The molecular formula is C14H13N5O. The van der Waals surface area contributed by atoms with Crippen LogP contribution in [0.15, 0.2) is 41.6 Å². The highest BCUT2D eigenvalue weighted by atomic mass is 16.1. The van der Waals surface area contributed by atoms with Crippen molar-refractivity contribution in [1.29, 1.82) is 0 Å². The van der Waals surface area contributed by atoms with Gasteiger partial charge >= 0.3 is 5.69 Å². The third-order valence-corrected chi connectivity index (χ3v) is 3.22. The first-order valence-electron chi connectivity index (χ1n) is 6.17. The van der Waals surface area contributed by atoms with Gasteiger partial charge in [0.25, 0.3) is 0 Å². The van der Waals surface area contributed by atoms with Crippen LogP contribution in [0.2, 0.25) is 0 Å². The van der Waals surface area contributed by atoms with Crippen LogP contribution in [0, 0.1) is 6.92 Å². The van der Waals surface area contributed by atoms with Crippen molar-refractivity contribution in [3.05, 3.63) is 58.4 Å². The number of nitrogens with two attached hydrogens (primary N) is 1. The molecule has 2 N–H and O–H groups in total. The molecule has 6 heteroatoms. The van der Waals surface area contributed by atoms with Crippen LogP contribution in [0.25, 0.3) is 10.9 Å². The van der Waals surface area contributed by atoms with Crippen molar-refractivity contribution >= 4 is 16.9 Å². The molecule has 3 rings (SSSR count). The van der Waals surface area contributed by atoms with Gasteiger partial charge in [-0.2, -0.15) is 4.98 Å². The minimum absolute atomic E-state index is 0.0115. The predicted octanol–water partition coefficient (Wildman–Crippen LogP) is 1.13. The second kappa shape index (κ2) is 4.73. The number of rotatable bonds is 2. The molecule has 0 bridgehead atoms. The summed E-state index contributed by atoms with van der Waals surface area (Å²) < 4.78 is 1.44. The second-order valence-electron chi connectivity index (χ2n) is 4.56. The van der Waals surface area contributed by atoms with Crippen LogP contribution < -0.4 is 11.4 Å². The van der Waals surface area contributed by atoms with E-state index in [0.717, 1.165) is 22.0 Å². The van der Waals surface area contributed by atoms with E-state index in [1.165, 1.54) is 10.9 Å². The second-order valence-corrected chi connectivity index (χ2v) is 4.56. The number of hydrogen-bond donors (Lipinski definition) is 1. The van der Waals surface area contributed by atoms with Crippen LogP contribution in [0.5, 0.6) is 0 Å². The van der Waals surface area contributed by atoms with Crippen LogP contribution in [-0.2, 0) is 6.54 Å². The summed E-state index contributed by atoms with van der Waals surface area (Å²) in [6.07, 6.45) is 3.22. The Morgan fingerprint density at radius 3 is 2.85 bits per heavy atom. The highest BCUT2D eigenvalue weighted by molar-refractivity contribution is 5.82. The Morgan fingerprint density at radius 1 is 1.25 bits per heavy atom. The van der Waals surface area contributed by atoms with Gasteiger partial charge in [0, 0.05) is 11.6 Å². The topological polar surface area (TPSA) is 86.7 Å². The number of anilines is 1. The monoisotopic (exact) mass is 267 g/mol. The molecule has 0 radical (unpaired) electrons. The van der Waals surface area contributed by atoms with Gasteiger partial charge in [-0.3, -0.25) is 9.55 Å². The van der Waals surface area contributed by atoms with Crippen molar-refractivity contribution in [3.8, 4) is 0 Å². The molecule has 1 aromatic carbocycles. The number of benzene rings is 1. The Balaban J connectivity index is 2.15. The molecule has 0 spiro atoms. The van der Waals surface area contributed by atoms with Gasteiger partial charge in [0.2, 0.25) is 5.95 Å². The summed E-state index contributed by atoms with van der Waals surface area (Å²) in [5.74, 6) is -0.0115. The molecule has 2 aromatic heterocycles. The number of para-hydroxylation sites is 1. The zero-order chi connectivity index (χ0) is 14.1. The summed E-state index contributed by atoms with van der Waals surface area (Å²) in [6.45, 7) is 2.37. The summed E-state index contributed by atoms with van der Waals surface area (Å²) in [6, 6.07) is 7.83. The standard InChI is InChI=1S/C14H13N5O/c1-9-6-16-12-5-3-2-4-10(12)11(9)7-19-8-17-13(15)18-14(19)20/h2-6,8H,7H2,1H3,(H2,15,18,20). The fourth-order valence-corrected chi connectivity index (χ4v) is 2.16. The van der Waals surface area contributed by atoms with Crippen molar-refractivity contribution in [2.75, 3.05) is 5.73 Å². The van der Waals surface area contributed by atoms with Gasteiger partial charge in [-0.1, -0.05) is 18.2 Å². The van der Waals surface area contributed by atoms with E-state index < -0.39 is 5.69 Å². The quantitative estimate of drug-likeness (QED) is 0.752. The van der Waals surface area contributed by atoms with Crippen molar-refractivity contribution < 1.29 is 0 Å². The number of fused-ring (bicyclic) bond motifs is 1. The number of nitrogen functional groups attached to an aromatic ring is 1. The smallest absolute Gasteiger partial charge is 0.352 e. The average Bonchev–Trinajstić information content (AvgIpc) is 2.44. The molecule has 0 aliphatic rings. The van der Waals surface area contributed by atoms with E-state index in [1.807, 2.05) is 31.2 Å². The molecular weight excluding hydrogens is 254 g/mol. The molecule has 6 nitrogen and oxygen atoms in total. The predicted molar refractivity (Wildman–Crippen MR) is 76.3 cm³/mol. The largest absolute Gasteiger partial charge is 0.368 e. The number of aromatic nitrogens is 4. The van der Waals surface area contributed by atoms with Crippen LogP contribution >= 0.6 is 0 Å². The summed E-state index contributed by atoms with van der Waals surface area (Å²) in [4.78, 5) is 23.7. The number of nitrogens with zero attached hydrogens (tertiary/aromatic N) is 4. The maximum atomic E-state index is 11.8. The first-order chi connectivity index (χ1) is 9.65. The van der Waals surface area contributed by atoms with Crippen LogP contribution in [0.1, 0.15) is 11.1 Å². The Labute approximate surface area is 114 Å². The van der Waals surface area contributed by atoms with Gasteiger partial charge in [0.05, 0.1) is 12.1 Å². The highest BCUT2D eigenvalue weighted by Gasteiger charge is 2.08. The van der Waals surface area contributed by atoms with E-state index in [9.17, 15) is 4.79 Å². The van der Waals surface area contributed by atoms with E-state index in [2.05, 4.69) is 15.0 Å². The number of pyridine rings is 1. The molecule has 0 atom stereocenters. The van der Waals surface area contributed by atoms with Crippen LogP contribution in [0.3, 0.4) is 0 Å². The first-order valence-corrected chi connectivity index (χ1v) is 6.17. The van der Waals surface area contributed by atoms with E-state index in [4.69, 9.17) is 5.73 Å². The van der Waals surface area contributed by atoms with Crippen LogP contribution in [-0.4, -0.2) is 19.5 Å². The lowest BCUT2D eigenvalue weighted by Crippen LogP contribution is -2.25. The third-order valence-electron chi connectivity index (χ3n) is 3.22.